The maximum atomic E-state index is 13.2. The molecule has 7 nitrogen and oxygen atoms in total. The van der Waals surface area contributed by atoms with Gasteiger partial charge in [0.2, 0.25) is 12.7 Å². The van der Waals surface area contributed by atoms with E-state index in [1.807, 2.05) is 47.4 Å². The van der Waals surface area contributed by atoms with Crippen molar-refractivity contribution in [2.45, 2.75) is 31.1 Å². The number of fused-ring (bicyclic) bond motifs is 2. The van der Waals surface area contributed by atoms with Gasteiger partial charge in [-0.25, -0.2) is 0 Å². The summed E-state index contributed by atoms with van der Waals surface area (Å²) in [6, 6.07) is 13.3. The molecule has 1 saturated heterocycles. The van der Waals surface area contributed by atoms with Crippen LogP contribution in [0.3, 0.4) is 0 Å². The lowest BCUT2D eigenvalue weighted by Gasteiger charge is -2.16. The van der Waals surface area contributed by atoms with Crippen LogP contribution in [0.2, 0.25) is 0 Å². The molecule has 0 spiro atoms. The molecule has 2 fully saturated rings. The molecule has 0 atom stereocenters. The number of nitrogens with zero attached hydrogens (tertiary/aromatic N) is 1. The fraction of sp³-hybridized carbons (Fsp3) is 0.333. The lowest BCUT2D eigenvalue weighted by atomic mass is 9.94. The summed E-state index contributed by atoms with van der Waals surface area (Å²) in [6.45, 7) is 1.85. The zero-order valence-electron chi connectivity index (χ0n) is 17.1. The number of hydrogen-bond donors (Lipinski definition) is 2. The van der Waals surface area contributed by atoms with Gasteiger partial charge in [-0.05, 0) is 67.6 Å². The first-order valence-corrected chi connectivity index (χ1v) is 10.8. The molecular formula is C24H23N3O4. The van der Waals surface area contributed by atoms with Gasteiger partial charge in [0.15, 0.2) is 11.5 Å². The Bertz CT molecular complexity index is 1200. The molecule has 1 aliphatic carbocycles. The first kappa shape index (κ1) is 18.3. The number of rotatable bonds is 4. The Morgan fingerprint density at radius 1 is 0.968 bits per heavy atom. The van der Waals surface area contributed by atoms with E-state index >= 15 is 0 Å². The number of nitrogens with one attached hydrogen (secondary N) is 2. The third kappa shape index (κ3) is 3.03. The van der Waals surface area contributed by atoms with Crippen LogP contribution in [0, 0.1) is 0 Å². The summed E-state index contributed by atoms with van der Waals surface area (Å²) < 4.78 is 10.9. The standard InChI is InChI=1S/C24H23N3O4/c28-22(27-9-1-2-10-27)19-12-15-11-17(4-5-18(15)26-19)25-23(29)24(7-8-24)16-3-6-20-21(13-16)31-14-30-20/h3-6,11-13,26H,1-2,7-10,14H2,(H,25,29). The summed E-state index contributed by atoms with van der Waals surface area (Å²) in [5, 5.41) is 3.99. The maximum absolute atomic E-state index is 13.2. The number of aromatic amines is 1. The lowest BCUT2D eigenvalue weighted by Crippen LogP contribution is -2.27. The summed E-state index contributed by atoms with van der Waals surface area (Å²) in [7, 11) is 0. The average molecular weight is 417 g/mol. The minimum absolute atomic E-state index is 0.0189. The zero-order chi connectivity index (χ0) is 21.0. The largest absolute Gasteiger partial charge is 0.454 e. The van der Waals surface area contributed by atoms with E-state index in [9.17, 15) is 9.59 Å². The first-order chi connectivity index (χ1) is 15.1. The van der Waals surface area contributed by atoms with Crippen molar-refractivity contribution in [3.05, 3.63) is 53.7 Å². The fourth-order valence-corrected chi connectivity index (χ4v) is 4.63. The zero-order valence-corrected chi connectivity index (χ0v) is 17.1. The quantitative estimate of drug-likeness (QED) is 0.676. The summed E-state index contributed by atoms with van der Waals surface area (Å²) >= 11 is 0. The predicted octanol–water partition coefficient (Wildman–Crippen LogP) is 3.80. The second-order valence-corrected chi connectivity index (χ2v) is 8.59. The monoisotopic (exact) mass is 417 g/mol. The van der Waals surface area contributed by atoms with Gasteiger partial charge in [-0.2, -0.15) is 0 Å². The van der Waals surface area contributed by atoms with Crippen LogP contribution < -0.4 is 14.8 Å². The molecule has 2 amide bonds. The molecule has 7 heteroatoms. The Labute approximate surface area is 179 Å². The number of H-pyrrole nitrogens is 1. The number of hydrogen-bond acceptors (Lipinski definition) is 4. The van der Waals surface area contributed by atoms with Gasteiger partial charge >= 0.3 is 0 Å². The smallest absolute Gasteiger partial charge is 0.270 e. The highest BCUT2D eigenvalue weighted by molar-refractivity contribution is 6.03. The lowest BCUT2D eigenvalue weighted by molar-refractivity contribution is -0.118. The molecule has 31 heavy (non-hydrogen) atoms. The van der Waals surface area contributed by atoms with Crippen molar-refractivity contribution in [1.82, 2.24) is 9.88 Å². The van der Waals surface area contributed by atoms with Crippen LogP contribution in [0.4, 0.5) is 5.69 Å². The van der Waals surface area contributed by atoms with Crippen molar-refractivity contribution in [2.24, 2.45) is 0 Å². The topological polar surface area (TPSA) is 83.7 Å². The van der Waals surface area contributed by atoms with E-state index in [0.29, 0.717) is 11.4 Å². The molecule has 3 aliphatic rings. The molecule has 6 rings (SSSR count). The van der Waals surface area contributed by atoms with E-state index in [1.165, 1.54) is 0 Å². The van der Waals surface area contributed by atoms with E-state index in [4.69, 9.17) is 9.47 Å². The van der Waals surface area contributed by atoms with E-state index in [-0.39, 0.29) is 18.6 Å². The van der Waals surface area contributed by atoms with Crippen LogP contribution in [0.5, 0.6) is 11.5 Å². The van der Waals surface area contributed by atoms with Gasteiger partial charge in [-0.3, -0.25) is 9.59 Å². The Kier molecular flexibility index (Phi) is 4.00. The van der Waals surface area contributed by atoms with Crippen molar-refractivity contribution in [3.8, 4) is 11.5 Å². The number of benzene rings is 2. The highest BCUT2D eigenvalue weighted by Crippen LogP contribution is 2.51. The molecule has 3 aromatic rings. The number of likely N-dealkylation sites (tertiary alicyclic amines) is 1. The third-order valence-corrected chi connectivity index (χ3v) is 6.61. The molecule has 1 aromatic heterocycles. The van der Waals surface area contributed by atoms with Gasteiger partial charge in [0.1, 0.15) is 5.69 Å². The van der Waals surface area contributed by atoms with Crippen LogP contribution in [0.15, 0.2) is 42.5 Å². The molecular weight excluding hydrogens is 394 g/mol. The number of carbonyl (C=O) groups excluding carboxylic acids is 2. The van der Waals surface area contributed by atoms with E-state index in [0.717, 1.165) is 66.7 Å². The summed E-state index contributed by atoms with van der Waals surface area (Å²) in [6.07, 6.45) is 3.74. The van der Waals surface area contributed by atoms with Crippen LogP contribution in [-0.4, -0.2) is 41.6 Å². The number of amides is 2. The van der Waals surface area contributed by atoms with Crippen molar-refractivity contribution in [1.29, 1.82) is 0 Å². The Balaban J connectivity index is 1.23. The fourth-order valence-electron chi connectivity index (χ4n) is 4.63. The van der Waals surface area contributed by atoms with Crippen LogP contribution >= 0.6 is 0 Å². The van der Waals surface area contributed by atoms with Gasteiger partial charge in [0.25, 0.3) is 5.91 Å². The highest BCUT2D eigenvalue weighted by atomic mass is 16.7. The van der Waals surface area contributed by atoms with Crippen LogP contribution in [0.1, 0.15) is 41.7 Å². The Hall–Kier alpha value is -3.48. The van der Waals surface area contributed by atoms with Gasteiger partial charge in [-0.15, -0.1) is 0 Å². The first-order valence-electron chi connectivity index (χ1n) is 10.8. The maximum Gasteiger partial charge on any atom is 0.270 e. The molecule has 3 heterocycles. The molecule has 2 N–H and O–H groups in total. The van der Waals surface area contributed by atoms with Gasteiger partial charge in [0.05, 0.1) is 5.41 Å². The van der Waals surface area contributed by atoms with Crippen molar-refractivity contribution < 1.29 is 19.1 Å². The molecule has 2 aliphatic heterocycles. The van der Waals surface area contributed by atoms with Gasteiger partial charge < -0.3 is 24.7 Å². The minimum atomic E-state index is -0.523. The van der Waals surface area contributed by atoms with Crippen molar-refractivity contribution in [2.75, 3.05) is 25.2 Å². The average Bonchev–Trinajstić information content (AvgIpc) is 3.17. The van der Waals surface area contributed by atoms with E-state index in [1.54, 1.807) is 0 Å². The second-order valence-electron chi connectivity index (χ2n) is 8.59. The Morgan fingerprint density at radius 3 is 2.58 bits per heavy atom. The molecule has 0 unspecified atom stereocenters. The van der Waals surface area contributed by atoms with E-state index < -0.39 is 5.41 Å². The SMILES string of the molecule is O=C(c1cc2cc(NC(=O)C3(c4ccc5c(c4)OCO5)CC3)ccc2[nH]1)N1CCCC1. The summed E-state index contributed by atoms with van der Waals surface area (Å²) in [5.74, 6) is 1.44. The van der Waals surface area contributed by atoms with Crippen molar-refractivity contribution >= 4 is 28.4 Å². The van der Waals surface area contributed by atoms with Gasteiger partial charge in [0, 0.05) is 29.7 Å². The second kappa shape index (κ2) is 6.77. The summed E-state index contributed by atoms with van der Waals surface area (Å²) in [5.41, 5.74) is 2.64. The highest BCUT2D eigenvalue weighted by Gasteiger charge is 2.51. The molecule has 0 bridgehead atoms. The number of ether oxygens (including phenoxy) is 2. The Morgan fingerprint density at radius 2 is 1.77 bits per heavy atom. The van der Waals surface area contributed by atoms with Crippen LogP contribution in [0.25, 0.3) is 10.9 Å². The molecule has 158 valence electrons. The predicted molar refractivity (Wildman–Crippen MR) is 116 cm³/mol. The molecule has 1 saturated carbocycles. The van der Waals surface area contributed by atoms with Crippen LogP contribution in [-0.2, 0) is 10.2 Å². The normalized spacial score (nSPS) is 18.4. The van der Waals surface area contributed by atoms with Gasteiger partial charge in [-0.1, -0.05) is 6.07 Å². The van der Waals surface area contributed by atoms with E-state index in [2.05, 4.69) is 10.3 Å². The molecule has 0 radical (unpaired) electrons. The number of aromatic nitrogens is 1. The van der Waals surface area contributed by atoms with Crippen molar-refractivity contribution in [3.63, 3.8) is 0 Å². The number of carbonyl (C=O) groups is 2. The minimum Gasteiger partial charge on any atom is -0.454 e. The number of anilines is 1. The summed E-state index contributed by atoms with van der Waals surface area (Å²) in [4.78, 5) is 30.9. The molecule has 2 aromatic carbocycles. The third-order valence-electron chi connectivity index (χ3n) is 6.61.